The molecular formula is C25H29N3O4. The van der Waals surface area contributed by atoms with Gasteiger partial charge in [0.15, 0.2) is 0 Å². The molecule has 0 saturated carbocycles. The predicted molar refractivity (Wildman–Crippen MR) is 121 cm³/mol. The molecular weight excluding hydrogens is 406 g/mol. The number of nitrogens with zero attached hydrogens (tertiary/aromatic N) is 2. The van der Waals surface area contributed by atoms with Crippen molar-refractivity contribution in [2.75, 3.05) is 26.7 Å². The Kier molecular flexibility index (Phi) is 6.87. The largest absolute Gasteiger partial charge is 0.489 e. The lowest BCUT2D eigenvalue weighted by atomic mass is 9.87. The minimum Gasteiger partial charge on any atom is -0.489 e. The highest BCUT2D eigenvalue weighted by molar-refractivity contribution is 5.90. The van der Waals surface area contributed by atoms with E-state index in [2.05, 4.69) is 23.5 Å². The smallest absolute Gasteiger partial charge is 0.251 e. The average Bonchev–Trinajstić information content (AvgIpc) is 2.84. The summed E-state index contributed by atoms with van der Waals surface area (Å²) in [7, 11) is 1.29. The van der Waals surface area contributed by atoms with Crippen LogP contribution < -0.4 is 10.1 Å². The molecule has 168 valence electrons. The fourth-order valence-corrected chi connectivity index (χ4v) is 4.41. The Morgan fingerprint density at radius 3 is 2.41 bits per heavy atom. The van der Waals surface area contributed by atoms with Gasteiger partial charge in [0.2, 0.25) is 5.91 Å². The van der Waals surface area contributed by atoms with Crippen molar-refractivity contribution in [1.82, 2.24) is 15.3 Å². The van der Waals surface area contributed by atoms with Gasteiger partial charge in [-0.25, -0.2) is 5.06 Å². The van der Waals surface area contributed by atoms with Crippen LogP contribution in [0.1, 0.15) is 18.4 Å². The SMILES string of the molecule is CN(O)C(=O)[C@H]1C[C@H](Oc2ccccc2)CN[C@@H]1C(=O)N1CC=C(c2ccccc2)CC1. The zero-order chi connectivity index (χ0) is 22.5. The highest BCUT2D eigenvalue weighted by atomic mass is 16.5. The summed E-state index contributed by atoms with van der Waals surface area (Å²) in [4.78, 5) is 27.8. The van der Waals surface area contributed by atoms with Gasteiger partial charge in [0.25, 0.3) is 5.91 Å². The molecule has 2 aliphatic rings. The normalized spacial score (nSPS) is 23.2. The number of para-hydroxylation sites is 1. The highest BCUT2D eigenvalue weighted by Crippen LogP contribution is 2.27. The maximum atomic E-state index is 13.3. The molecule has 0 radical (unpaired) electrons. The number of nitrogens with one attached hydrogen (secondary N) is 1. The van der Waals surface area contributed by atoms with Crippen molar-refractivity contribution < 1.29 is 19.5 Å². The van der Waals surface area contributed by atoms with Gasteiger partial charge in [0.1, 0.15) is 11.9 Å². The quantitative estimate of drug-likeness (QED) is 0.557. The van der Waals surface area contributed by atoms with E-state index in [1.54, 1.807) is 4.90 Å². The van der Waals surface area contributed by atoms with Crippen molar-refractivity contribution in [2.24, 2.45) is 5.92 Å². The number of carbonyl (C=O) groups excluding carboxylic acids is 2. The Hall–Kier alpha value is -3.16. The molecule has 1 saturated heterocycles. The van der Waals surface area contributed by atoms with E-state index in [4.69, 9.17) is 4.74 Å². The third-order valence-electron chi connectivity index (χ3n) is 6.10. The van der Waals surface area contributed by atoms with Crippen LogP contribution in [-0.2, 0) is 9.59 Å². The van der Waals surface area contributed by atoms with Gasteiger partial charge in [-0.2, -0.15) is 0 Å². The average molecular weight is 436 g/mol. The Morgan fingerprint density at radius 1 is 1.09 bits per heavy atom. The number of ether oxygens (including phenoxy) is 1. The predicted octanol–water partition coefficient (Wildman–Crippen LogP) is 2.58. The van der Waals surface area contributed by atoms with Crippen LogP contribution in [0, 0.1) is 5.92 Å². The van der Waals surface area contributed by atoms with Crippen LogP contribution in [0.2, 0.25) is 0 Å². The Balaban J connectivity index is 1.45. The third-order valence-corrected chi connectivity index (χ3v) is 6.10. The van der Waals surface area contributed by atoms with Crippen LogP contribution in [0.5, 0.6) is 5.75 Å². The van der Waals surface area contributed by atoms with Gasteiger partial charge in [0, 0.05) is 26.7 Å². The molecule has 32 heavy (non-hydrogen) atoms. The Bertz CT molecular complexity index is 962. The van der Waals surface area contributed by atoms with Crippen LogP contribution in [0.3, 0.4) is 0 Å². The molecule has 1 fully saturated rings. The molecule has 0 unspecified atom stereocenters. The van der Waals surface area contributed by atoms with Crippen LogP contribution in [-0.4, -0.2) is 65.8 Å². The van der Waals surface area contributed by atoms with E-state index in [9.17, 15) is 14.8 Å². The van der Waals surface area contributed by atoms with E-state index >= 15 is 0 Å². The lowest BCUT2D eigenvalue weighted by Gasteiger charge is -2.39. The summed E-state index contributed by atoms with van der Waals surface area (Å²) >= 11 is 0. The van der Waals surface area contributed by atoms with E-state index in [0.29, 0.717) is 36.9 Å². The molecule has 2 heterocycles. The Morgan fingerprint density at radius 2 is 1.78 bits per heavy atom. The summed E-state index contributed by atoms with van der Waals surface area (Å²) in [6.45, 7) is 1.54. The number of hydroxylamine groups is 2. The number of piperidine rings is 1. The second kappa shape index (κ2) is 9.97. The van der Waals surface area contributed by atoms with Crippen molar-refractivity contribution in [3.8, 4) is 5.75 Å². The molecule has 2 aromatic carbocycles. The number of hydrogen-bond donors (Lipinski definition) is 2. The molecule has 2 aromatic rings. The van der Waals surface area contributed by atoms with Gasteiger partial charge in [-0.3, -0.25) is 14.8 Å². The summed E-state index contributed by atoms with van der Waals surface area (Å²) < 4.78 is 6.00. The molecule has 7 heteroatoms. The first-order valence-electron chi connectivity index (χ1n) is 11.0. The molecule has 2 N–H and O–H groups in total. The molecule has 2 aliphatic heterocycles. The lowest BCUT2D eigenvalue weighted by Crippen LogP contribution is -2.60. The summed E-state index contributed by atoms with van der Waals surface area (Å²) in [5.41, 5.74) is 2.40. The number of benzene rings is 2. The van der Waals surface area contributed by atoms with Crippen LogP contribution in [0.25, 0.3) is 5.57 Å². The van der Waals surface area contributed by atoms with E-state index in [1.807, 2.05) is 48.5 Å². The van der Waals surface area contributed by atoms with Gasteiger partial charge in [0.05, 0.1) is 12.0 Å². The summed E-state index contributed by atoms with van der Waals surface area (Å²) in [5, 5.41) is 13.6. The first kappa shape index (κ1) is 22.0. The zero-order valence-corrected chi connectivity index (χ0v) is 18.2. The highest BCUT2D eigenvalue weighted by Gasteiger charge is 2.42. The van der Waals surface area contributed by atoms with Crippen molar-refractivity contribution in [1.29, 1.82) is 0 Å². The van der Waals surface area contributed by atoms with Gasteiger partial charge in [-0.05, 0) is 36.1 Å². The summed E-state index contributed by atoms with van der Waals surface area (Å²) in [5.74, 6) is -0.608. The second-order valence-electron chi connectivity index (χ2n) is 8.27. The fraction of sp³-hybridized carbons (Fsp3) is 0.360. The molecule has 4 rings (SSSR count). The van der Waals surface area contributed by atoms with Crippen molar-refractivity contribution >= 4 is 17.4 Å². The van der Waals surface area contributed by atoms with Gasteiger partial charge in [-0.15, -0.1) is 0 Å². The molecule has 0 bridgehead atoms. The first-order chi connectivity index (χ1) is 15.5. The third kappa shape index (κ3) is 5.00. The molecule has 0 aromatic heterocycles. The monoisotopic (exact) mass is 435 g/mol. The van der Waals surface area contributed by atoms with Crippen molar-refractivity contribution in [3.63, 3.8) is 0 Å². The van der Waals surface area contributed by atoms with Crippen molar-refractivity contribution in [2.45, 2.75) is 25.0 Å². The molecule has 0 aliphatic carbocycles. The molecule has 7 nitrogen and oxygen atoms in total. The summed E-state index contributed by atoms with van der Waals surface area (Å²) in [6.07, 6.45) is 2.92. The lowest BCUT2D eigenvalue weighted by molar-refractivity contribution is -0.169. The number of amides is 2. The topological polar surface area (TPSA) is 82.1 Å². The second-order valence-corrected chi connectivity index (χ2v) is 8.27. The summed E-state index contributed by atoms with van der Waals surface area (Å²) in [6, 6.07) is 18.9. The minimum atomic E-state index is -0.709. The minimum absolute atomic E-state index is 0.119. The van der Waals surface area contributed by atoms with Crippen LogP contribution >= 0.6 is 0 Å². The standard InChI is InChI=1S/C25H29N3O4/c1-27(31)24(29)22-16-21(32-20-10-6-3-7-11-20)17-26-23(22)25(30)28-14-12-19(13-15-28)18-8-4-2-5-9-18/h2-12,21-23,26,31H,13-17H2,1H3/t21-,22-,23-/m0/s1. The van der Waals surface area contributed by atoms with Gasteiger partial charge >= 0.3 is 0 Å². The molecule has 0 spiro atoms. The van der Waals surface area contributed by atoms with E-state index in [1.165, 1.54) is 18.2 Å². The number of hydrogen-bond acceptors (Lipinski definition) is 5. The first-order valence-corrected chi connectivity index (χ1v) is 11.0. The fourth-order valence-electron chi connectivity index (χ4n) is 4.41. The number of rotatable bonds is 5. The van der Waals surface area contributed by atoms with Crippen molar-refractivity contribution in [3.05, 3.63) is 72.3 Å². The van der Waals surface area contributed by atoms with E-state index in [0.717, 1.165) is 6.42 Å². The van der Waals surface area contributed by atoms with Gasteiger partial charge in [-0.1, -0.05) is 54.6 Å². The molecule has 2 amide bonds. The Labute approximate surface area is 188 Å². The van der Waals surface area contributed by atoms with Crippen LogP contribution in [0.4, 0.5) is 0 Å². The number of carbonyl (C=O) groups is 2. The molecule has 3 atom stereocenters. The maximum Gasteiger partial charge on any atom is 0.251 e. The maximum absolute atomic E-state index is 13.3. The van der Waals surface area contributed by atoms with E-state index < -0.39 is 17.9 Å². The van der Waals surface area contributed by atoms with Crippen LogP contribution in [0.15, 0.2) is 66.7 Å². The van der Waals surface area contributed by atoms with Gasteiger partial charge < -0.3 is 15.0 Å². The van der Waals surface area contributed by atoms with E-state index in [-0.39, 0.29) is 12.0 Å². The zero-order valence-electron chi connectivity index (χ0n) is 18.2.